The first-order valence-electron chi connectivity index (χ1n) is 6.48. The molecule has 1 aromatic carbocycles. The predicted molar refractivity (Wildman–Crippen MR) is 69.9 cm³/mol. The summed E-state index contributed by atoms with van der Waals surface area (Å²) in [5.41, 5.74) is 7.58. The average molecular weight is 231 g/mol. The van der Waals surface area contributed by atoms with Gasteiger partial charge in [-0.2, -0.15) is 0 Å². The van der Waals surface area contributed by atoms with Gasteiger partial charge in [-0.05, 0) is 36.3 Å². The van der Waals surface area contributed by atoms with Crippen LogP contribution in [0.2, 0.25) is 0 Å². The van der Waals surface area contributed by atoms with Crippen molar-refractivity contribution >= 4 is 5.91 Å². The van der Waals surface area contributed by atoms with Crippen molar-refractivity contribution in [2.24, 2.45) is 11.1 Å². The summed E-state index contributed by atoms with van der Waals surface area (Å²) < 4.78 is 0. The molecule has 1 saturated carbocycles. The zero-order chi connectivity index (χ0) is 12.3. The first kappa shape index (κ1) is 12.2. The highest BCUT2D eigenvalue weighted by Crippen LogP contribution is 2.39. The Bertz CT molecular complexity index is 405. The summed E-state index contributed by atoms with van der Waals surface area (Å²) in [6.07, 6.45) is 7.49. The third kappa shape index (κ3) is 2.87. The molecule has 0 saturated heterocycles. The number of carbonyl (C=O) groups is 1. The van der Waals surface area contributed by atoms with Crippen LogP contribution in [0.15, 0.2) is 24.3 Å². The van der Waals surface area contributed by atoms with Crippen molar-refractivity contribution in [1.29, 1.82) is 0 Å². The standard InChI is InChI=1S/C15H21NO/c1-15(9-5-2-6-10-15)11-12-7-3-4-8-13(12)14(16)17/h3-4,7-8H,2,5-6,9-11H2,1H3,(H2,16,17). The van der Waals surface area contributed by atoms with Gasteiger partial charge in [0.05, 0.1) is 0 Å². The fraction of sp³-hybridized carbons (Fsp3) is 0.533. The van der Waals surface area contributed by atoms with Crippen LogP contribution in [0, 0.1) is 5.41 Å². The molecule has 1 aliphatic rings. The van der Waals surface area contributed by atoms with Crippen LogP contribution in [-0.2, 0) is 6.42 Å². The molecule has 2 nitrogen and oxygen atoms in total. The Balaban J connectivity index is 2.20. The number of hydrogen-bond donors (Lipinski definition) is 1. The first-order valence-corrected chi connectivity index (χ1v) is 6.48. The molecule has 0 radical (unpaired) electrons. The lowest BCUT2D eigenvalue weighted by molar-refractivity contribution is 0.0998. The number of hydrogen-bond acceptors (Lipinski definition) is 1. The van der Waals surface area contributed by atoms with E-state index in [4.69, 9.17) is 5.73 Å². The molecule has 2 N–H and O–H groups in total. The second-order valence-corrected chi connectivity index (χ2v) is 5.57. The van der Waals surface area contributed by atoms with Crippen molar-refractivity contribution < 1.29 is 4.79 Å². The number of primary amides is 1. The highest BCUT2D eigenvalue weighted by molar-refractivity contribution is 5.94. The maximum atomic E-state index is 11.4. The number of carbonyl (C=O) groups excluding carboxylic acids is 1. The fourth-order valence-electron chi connectivity index (χ4n) is 2.96. The summed E-state index contributed by atoms with van der Waals surface area (Å²) in [6.45, 7) is 2.34. The normalized spacial score (nSPS) is 18.9. The summed E-state index contributed by atoms with van der Waals surface area (Å²) in [5, 5.41) is 0. The molecule has 0 aromatic heterocycles. The van der Waals surface area contributed by atoms with Crippen molar-refractivity contribution in [2.45, 2.75) is 45.4 Å². The summed E-state index contributed by atoms with van der Waals surface area (Å²) in [5.74, 6) is -0.306. The maximum absolute atomic E-state index is 11.4. The topological polar surface area (TPSA) is 43.1 Å². The molecule has 1 aliphatic carbocycles. The van der Waals surface area contributed by atoms with Crippen LogP contribution in [0.5, 0.6) is 0 Å². The van der Waals surface area contributed by atoms with Crippen molar-refractivity contribution in [3.05, 3.63) is 35.4 Å². The maximum Gasteiger partial charge on any atom is 0.248 e. The van der Waals surface area contributed by atoms with E-state index in [0.29, 0.717) is 11.0 Å². The number of benzene rings is 1. The van der Waals surface area contributed by atoms with E-state index >= 15 is 0 Å². The molecule has 0 heterocycles. The molecule has 1 amide bonds. The molecule has 0 bridgehead atoms. The third-order valence-corrected chi connectivity index (χ3v) is 3.96. The van der Waals surface area contributed by atoms with E-state index in [9.17, 15) is 4.79 Å². The summed E-state index contributed by atoms with van der Waals surface area (Å²) in [6, 6.07) is 7.75. The summed E-state index contributed by atoms with van der Waals surface area (Å²) in [4.78, 5) is 11.4. The van der Waals surface area contributed by atoms with Gasteiger partial charge < -0.3 is 5.73 Å². The lowest BCUT2D eigenvalue weighted by atomic mass is 9.71. The van der Waals surface area contributed by atoms with Crippen LogP contribution in [0.25, 0.3) is 0 Å². The molecule has 2 heteroatoms. The van der Waals surface area contributed by atoms with E-state index in [2.05, 4.69) is 6.92 Å². The van der Waals surface area contributed by atoms with Gasteiger partial charge in [0.1, 0.15) is 0 Å². The molecule has 17 heavy (non-hydrogen) atoms. The summed E-state index contributed by atoms with van der Waals surface area (Å²) in [7, 11) is 0. The predicted octanol–water partition coefficient (Wildman–Crippen LogP) is 3.30. The lowest BCUT2D eigenvalue weighted by Gasteiger charge is -2.34. The van der Waals surface area contributed by atoms with Gasteiger partial charge in [0.15, 0.2) is 0 Å². The van der Waals surface area contributed by atoms with Gasteiger partial charge in [-0.3, -0.25) is 4.79 Å². The van der Waals surface area contributed by atoms with Gasteiger partial charge in [0, 0.05) is 5.56 Å². The second kappa shape index (κ2) is 4.91. The molecule has 0 spiro atoms. The van der Waals surface area contributed by atoms with Crippen molar-refractivity contribution in [1.82, 2.24) is 0 Å². The molecular weight excluding hydrogens is 210 g/mol. The molecule has 0 unspecified atom stereocenters. The van der Waals surface area contributed by atoms with E-state index in [0.717, 1.165) is 12.0 Å². The third-order valence-electron chi connectivity index (χ3n) is 3.96. The Labute approximate surface area is 103 Å². The van der Waals surface area contributed by atoms with Crippen LogP contribution in [0.1, 0.15) is 54.9 Å². The molecule has 0 atom stereocenters. The zero-order valence-electron chi connectivity index (χ0n) is 10.5. The van der Waals surface area contributed by atoms with Crippen LogP contribution in [0.4, 0.5) is 0 Å². The van der Waals surface area contributed by atoms with Crippen molar-refractivity contribution in [3.8, 4) is 0 Å². The number of amides is 1. The van der Waals surface area contributed by atoms with E-state index in [1.807, 2.05) is 24.3 Å². The molecular formula is C15H21NO. The minimum Gasteiger partial charge on any atom is -0.366 e. The van der Waals surface area contributed by atoms with Gasteiger partial charge in [0.2, 0.25) is 5.91 Å². The van der Waals surface area contributed by atoms with Gasteiger partial charge in [0.25, 0.3) is 0 Å². The first-order chi connectivity index (χ1) is 8.11. The van der Waals surface area contributed by atoms with Crippen molar-refractivity contribution in [2.75, 3.05) is 0 Å². The van der Waals surface area contributed by atoms with Gasteiger partial charge in [-0.15, -0.1) is 0 Å². The monoisotopic (exact) mass is 231 g/mol. The lowest BCUT2D eigenvalue weighted by Crippen LogP contribution is -2.24. The van der Waals surface area contributed by atoms with Gasteiger partial charge in [-0.25, -0.2) is 0 Å². The van der Waals surface area contributed by atoms with Crippen LogP contribution >= 0.6 is 0 Å². The number of rotatable bonds is 3. The Morgan fingerprint density at radius 2 is 1.88 bits per heavy atom. The van der Waals surface area contributed by atoms with Crippen molar-refractivity contribution in [3.63, 3.8) is 0 Å². The molecule has 1 fully saturated rings. The smallest absolute Gasteiger partial charge is 0.248 e. The van der Waals surface area contributed by atoms with Crippen LogP contribution in [-0.4, -0.2) is 5.91 Å². The average Bonchev–Trinajstić information content (AvgIpc) is 2.29. The van der Waals surface area contributed by atoms with E-state index in [1.165, 1.54) is 32.1 Å². The minimum atomic E-state index is -0.306. The van der Waals surface area contributed by atoms with Gasteiger partial charge in [-0.1, -0.05) is 44.4 Å². The Morgan fingerprint density at radius 1 is 1.24 bits per heavy atom. The van der Waals surface area contributed by atoms with E-state index in [-0.39, 0.29) is 5.91 Å². The van der Waals surface area contributed by atoms with E-state index in [1.54, 1.807) is 0 Å². The highest BCUT2D eigenvalue weighted by atomic mass is 16.1. The minimum absolute atomic E-state index is 0.306. The molecule has 92 valence electrons. The summed E-state index contributed by atoms with van der Waals surface area (Å²) >= 11 is 0. The fourth-order valence-corrected chi connectivity index (χ4v) is 2.96. The quantitative estimate of drug-likeness (QED) is 0.852. The Hall–Kier alpha value is -1.31. The second-order valence-electron chi connectivity index (χ2n) is 5.57. The van der Waals surface area contributed by atoms with Gasteiger partial charge >= 0.3 is 0 Å². The largest absolute Gasteiger partial charge is 0.366 e. The Morgan fingerprint density at radius 3 is 2.53 bits per heavy atom. The molecule has 1 aromatic rings. The SMILES string of the molecule is CC1(Cc2ccccc2C(N)=O)CCCCC1. The van der Waals surface area contributed by atoms with Crippen LogP contribution in [0.3, 0.4) is 0 Å². The Kier molecular flexibility index (Phi) is 3.51. The molecule has 0 aliphatic heterocycles. The van der Waals surface area contributed by atoms with Crippen LogP contribution < -0.4 is 5.73 Å². The highest BCUT2D eigenvalue weighted by Gasteiger charge is 2.28. The number of nitrogens with two attached hydrogens (primary N) is 1. The molecule has 2 rings (SSSR count). The zero-order valence-corrected chi connectivity index (χ0v) is 10.5. The van der Waals surface area contributed by atoms with E-state index < -0.39 is 0 Å².